The third-order valence-electron chi connectivity index (χ3n) is 4.53. The molecule has 0 bridgehead atoms. The van der Waals surface area contributed by atoms with Gasteiger partial charge >= 0.3 is 0 Å². The Morgan fingerprint density at radius 3 is 2.95 bits per heavy atom. The Balaban J connectivity index is 1.66. The van der Waals surface area contributed by atoms with Crippen molar-refractivity contribution in [2.75, 3.05) is 52.5 Å². The molecule has 1 aromatic heterocycles. The summed E-state index contributed by atoms with van der Waals surface area (Å²) in [7, 11) is 1.87. The van der Waals surface area contributed by atoms with Crippen LogP contribution in [0.4, 0.5) is 0 Å². The number of nitrogens with zero attached hydrogens (tertiary/aromatic N) is 4. The number of ether oxygens (including phenoxy) is 1. The molecule has 1 N–H and O–H groups in total. The van der Waals surface area contributed by atoms with Crippen molar-refractivity contribution >= 4 is 5.91 Å². The average molecular weight is 307 g/mol. The highest BCUT2D eigenvalue weighted by molar-refractivity contribution is 5.92. The number of nitrogens with one attached hydrogen (secondary N) is 1. The van der Waals surface area contributed by atoms with Gasteiger partial charge in [-0.2, -0.15) is 0 Å². The lowest BCUT2D eigenvalue weighted by Crippen LogP contribution is -2.47. The summed E-state index contributed by atoms with van der Waals surface area (Å²) in [6.07, 6.45) is 4.36. The Kier molecular flexibility index (Phi) is 5.07. The zero-order valence-electron chi connectivity index (χ0n) is 13.2. The van der Waals surface area contributed by atoms with Gasteiger partial charge in [0, 0.05) is 45.8 Å². The molecule has 22 heavy (non-hydrogen) atoms. The van der Waals surface area contributed by atoms with E-state index in [9.17, 15) is 4.79 Å². The first-order valence-corrected chi connectivity index (χ1v) is 8.04. The molecule has 2 aliphatic heterocycles. The van der Waals surface area contributed by atoms with E-state index in [-0.39, 0.29) is 11.9 Å². The molecule has 0 spiro atoms. The van der Waals surface area contributed by atoms with Crippen LogP contribution in [0, 0.1) is 0 Å². The standard InChI is InChI=1S/C15H25N5O2/c1-18-12-17-11-14(18)15(21)20(13-2-3-16-10-13)5-4-19-6-8-22-9-7-19/h11-13,16H,2-10H2,1H3. The minimum atomic E-state index is 0.0851. The molecule has 0 aliphatic carbocycles. The summed E-state index contributed by atoms with van der Waals surface area (Å²) in [4.78, 5) is 21.3. The van der Waals surface area contributed by atoms with Gasteiger partial charge in [0.1, 0.15) is 5.69 Å². The van der Waals surface area contributed by atoms with Gasteiger partial charge in [0.2, 0.25) is 0 Å². The fourth-order valence-electron chi connectivity index (χ4n) is 3.14. The molecule has 3 heterocycles. The van der Waals surface area contributed by atoms with Crippen molar-refractivity contribution in [1.82, 2.24) is 24.7 Å². The van der Waals surface area contributed by atoms with Gasteiger partial charge in [0.25, 0.3) is 5.91 Å². The number of morpholine rings is 1. The number of aromatic nitrogens is 2. The van der Waals surface area contributed by atoms with Gasteiger partial charge in [0.05, 0.1) is 25.7 Å². The predicted octanol–water partition coefficient (Wildman–Crippen LogP) is -0.444. The Labute approximate surface area is 131 Å². The van der Waals surface area contributed by atoms with Crippen LogP contribution < -0.4 is 5.32 Å². The maximum atomic E-state index is 12.9. The highest BCUT2D eigenvalue weighted by atomic mass is 16.5. The number of imidazole rings is 1. The van der Waals surface area contributed by atoms with Crippen molar-refractivity contribution in [3.05, 3.63) is 18.2 Å². The molecular weight excluding hydrogens is 282 g/mol. The summed E-state index contributed by atoms with van der Waals surface area (Å²) in [6, 6.07) is 0.281. The van der Waals surface area contributed by atoms with E-state index in [1.54, 1.807) is 17.1 Å². The van der Waals surface area contributed by atoms with Crippen LogP contribution in [0.15, 0.2) is 12.5 Å². The Morgan fingerprint density at radius 2 is 2.32 bits per heavy atom. The van der Waals surface area contributed by atoms with Crippen LogP contribution in [0.3, 0.4) is 0 Å². The highest BCUT2D eigenvalue weighted by Crippen LogP contribution is 2.13. The fraction of sp³-hybridized carbons (Fsp3) is 0.733. The third kappa shape index (κ3) is 3.48. The monoisotopic (exact) mass is 307 g/mol. The minimum Gasteiger partial charge on any atom is -0.379 e. The summed E-state index contributed by atoms with van der Waals surface area (Å²) >= 11 is 0. The predicted molar refractivity (Wildman–Crippen MR) is 82.8 cm³/mol. The molecule has 0 saturated carbocycles. The second-order valence-corrected chi connectivity index (χ2v) is 5.99. The number of aryl methyl sites for hydroxylation is 1. The van der Waals surface area contributed by atoms with Gasteiger partial charge in [-0.1, -0.05) is 0 Å². The average Bonchev–Trinajstić information content (AvgIpc) is 3.20. The van der Waals surface area contributed by atoms with Gasteiger partial charge in [0.15, 0.2) is 0 Å². The van der Waals surface area contributed by atoms with E-state index in [2.05, 4.69) is 15.2 Å². The molecular formula is C15H25N5O2. The van der Waals surface area contributed by atoms with Crippen LogP contribution in [0.1, 0.15) is 16.9 Å². The molecule has 1 unspecified atom stereocenters. The van der Waals surface area contributed by atoms with E-state index in [1.165, 1.54) is 0 Å². The molecule has 122 valence electrons. The molecule has 1 aromatic rings. The molecule has 2 saturated heterocycles. The van der Waals surface area contributed by atoms with Crippen molar-refractivity contribution in [2.45, 2.75) is 12.5 Å². The lowest BCUT2D eigenvalue weighted by atomic mass is 10.2. The van der Waals surface area contributed by atoms with Crippen LogP contribution in [-0.4, -0.2) is 83.8 Å². The minimum absolute atomic E-state index is 0.0851. The van der Waals surface area contributed by atoms with Crippen molar-refractivity contribution in [2.24, 2.45) is 7.05 Å². The van der Waals surface area contributed by atoms with Gasteiger partial charge in [-0.3, -0.25) is 9.69 Å². The molecule has 1 amide bonds. The smallest absolute Gasteiger partial charge is 0.272 e. The van der Waals surface area contributed by atoms with Gasteiger partial charge in [-0.15, -0.1) is 0 Å². The van der Waals surface area contributed by atoms with E-state index >= 15 is 0 Å². The van der Waals surface area contributed by atoms with Crippen molar-refractivity contribution in [3.8, 4) is 0 Å². The van der Waals surface area contributed by atoms with Crippen LogP contribution in [-0.2, 0) is 11.8 Å². The van der Waals surface area contributed by atoms with Crippen LogP contribution in [0.2, 0.25) is 0 Å². The van der Waals surface area contributed by atoms with Crippen molar-refractivity contribution in [3.63, 3.8) is 0 Å². The van der Waals surface area contributed by atoms with Crippen molar-refractivity contribution in [1.29, 1.82) is 0 Å². The second kappa shape index (κ2) is 7.21. The largest absolute Gasteiger partial charge is 0.379 e. The molecule has 2 aliphatic rings. The first kappa shape index (κ1) is 15.5. The first-order chi connectivity index (χ1) is 10.8. The molecule has 3 rings (SSSR count). The normalized spacial score (nSPS) is 22.9. The lowest BCUT2D eigenvalue weighted by Gasteiger charge is -2.33. The number of hydrogen-bond donors (Lipinski definition) is 1. The van der Waals surface area contributed by atoms with E-state index in [1.807, 2.05) is 11.9 Å². The summed E-state index contributed by atoms with van der Waals surface area (Å²) in [5, 5.41) is 3.36. The zero-order chi connectivity index (χ0) is 15.4. The van der Waals surface area contributed by atoms with Crippen molar-refractivity contribution < 1.29 is 9.53 Å². The number of hydrogen-bond acceptors (Lipinski definition) is 5. The SMILES string of the molecule is Cn1cncc1C(=O)N(CCN1CCOCC1)C1CCNC1. The molecule has 2 fully saturated rings. The fourth-order valence-corrected chi connectivity index (χ4v) is 3.14. The van der Waals surface area contributed by atoms with Crippen LogP contribution in [0.5, 0.6) is 0 Å². The van der Waals surface area contributed by atoms with E-state index < -0.39 is 0 Å². The molecule has 0 radical (unpaired) electrons. The number of carbonyl (C=O) groups excluding carboxylic acids is 1. The van der Waals surface area contributed by atoms with Gasteiger partial charge < -0.3 is 19.5 Å². The zero-order valence-corrected chi connectivity index (χ0v) is 13.2. The quantitative estimate of drug-likeness (QED) is 0.799. The topological polar surface area (TPSA) is 62.6 Å². The highest BCUT2D eigenvalue weighted by Gasteiger charge is 2.29. The summed E-state index contributed by atoms with van der Waals surface area (Å²) in [5.41, 5.74) is 0.661. The molecule has 7 nitrogen and oxygen atoms in total. The maximum Gasteiger partial charge on any atom is 0.272 e. The van der Waals surface area contributed by atoms with E-state index in [0.29, 0.717) is 5.69 Å². The number of rotatable bonds is 5. The van der Waals surface area contributed by atoms with Crippen LogP contribution in [0.25, 0.3) is 0 Å². The Hall–Kier alpha value is -1.44. The molecule has 7 heteroatoms. The summed E-state index contributed by atoms with van der Waals surface area (Å²) in [6.45, 7) is 7.03. The Morgan fingerprint density at radius 1 is 1.50 bits per heavy atom. The van der Waals surface area contributed by atoms with Crippen LogP contribution >= 0.6 is 0 Å². The second-order valence-electron chi connectivity index (χ2n) is 5.99. The summed E-state index contributed by atoms with van der Waals surface area (Å²) in [5.74, 6) is 0.0851. The lowest BCUT2D eigenvalue weighted by molar-refractivity contribution is 0.0300. The van der Waals surface area contributed by atoms with E-state index in [4.69, 9.17) is 4.74 Å². The molecule has 0 aromatic carbocycles. The molecule has 1 atom stereocenters. The van der Waals surface area contributed by atoms with Gasteiger partial charge in [-0.05, 0) is 13.0 Å². The first-order valence-electron chi connectivity index (χ1n) is 8.04. The summed E-state index contributed by atoms with van der Waals surface area (Å²) < 4.78 is 7.18. The number of amides is 1. The third-order valence-corrected chi connectivity index (χ3v) is 4.53. The maximum absolute atomic E-state index is 12.9. The van der Waals surface area contributed by atoms with Gasteiger partial charge in [-0.25, -0.2) is 4.98 Å². The Bertz CT molecular complexity index is 492. The van der Waals surface area contributed by atoms with E-state index in [0.717, 1.165) is 58.9 Å². The number of carbonyl (C=O) groups is 1.